The Balaban J connectivity index is 2.33. The van der Waals surface area contributed by atoms with Crippen molar-refractivity contribution in [3.63, 3.8) is 0 Å². The van der Waals surface area contributed by atoms with E-state index in [-0.39, 0.29) is 11.9 Å². The Hall–Kier alpha value is -1.35. The first-order valence-corrected chi connectivity index (χ1v) is 7.56. The van der Waals surface area contributed by atoms with Gasteiger partial charge in [-0.2, -0.15) is 0 Å². The Labute approximate surface area is 122 Å². The Bertz CT molecular complexity index is 417. The molecule has 2 unspecified atom stereocenters. The third-order valence-corrected chi connectivity index (χ3v) is 3.72. The Kier molecular flexibility index (Phi) is 7.31. The molecule has 0 aliphatic rings. The lowest BCUT2D eigenvalue weighted by Gasteiger charge is -2.16. The van der Waals surface area contributed by atoms with Gasteiger partial charge in [-0.05, 0) is 56.7 Å². The number of aryl methyl sites for hydroxylation is 1. The molecule has 1 rings (SSSR count). The zero-order valence-electron chi connectivity index (χ0n) is 13.0. The maximum Gasteiger partial charge on any atom is 0.220 e. The smallest absolute Gasteiger partial charge is 0.220 e. The van der Waals surface area contributed by atoms with Crippen molar-refractivity contribution in [1.29, 1.82) is 0 Å². The molecule has 1 aromatic rings. The summed E-state index contributed by atoms with van der Waals surface area (Å²) in [4.78, 5) is 11.9. The van der Waals surface area contributed by atoms with E-state index >= 15 is 0 Å². The zero-order valence-corrected chi connectivity index (χ0v) is 13.0. The lowest BCUT2D eigenvalue weighted by molar-refractivity contribution is -0.121. The molecule has 0 aromatic heterocycles. The highest BCUT2D eigenvalue weighted by Gasteiger charge is 2.10. The van der Waals surface area contributed by atoms with Crippen molar-refractivity contribution in [3.8, 4) is 0 Å². The number of carbonyl (C=O) groups excluding carboxylic acids is 1. The Morgan fingerprint density at radius 1 is 1.25 bits per heavy atom. The summed E-state index contributed by atoms with van der Waals surface area (Å²) in [5.74, 6) is 0.673. The van der Waals surface area contributed by atoms with E-state index in [9.17, 15) is 4.79 Å². The fourth-order valence-corrected chi connectivity index (χ4v) is 2.37. The molecule has 0 bridgehead atoms. The molecule has 112 valence electrons. The molecule has 3 heteroatoms. The summed E-state index contributed by atoms with van der Waals surface area (Å²) < 4.78 is 0. The summed E-state index contributed by atoms with van der Waals surface area (Å²) in [6.45, 7) is 7.02. The van der Waals surface area contributed by atoms with Gasteiger partial charge in [0.05, 0.1) is 0 Å². The standard InChI is InChI=1S/C17H28N2O/c1-13(10-11-18)8-9-17(20)19-15(3)12-16-7-5-4-6-14(16)2/h4-7,13,15H,8-12,18H2,1-3H3,(H,19,20). The van der Waals surface area contributed by atoms with Gasteiger partial charge in [0.25, 0.3) is 0 Å². The molecule has 1 amide bonds. The minimum Gasteiger partial charge on any atom is -0.353 e. The van der Waals surface area contributed by atoms with Crippen molar-refractivity contribution < 1.29 is 4.79 Å². The van der Waals surface area contributed by atoms with E-state index in [1.54, 1.807) is 0 Å². The Morgan fingerprint density at radius 3 is 2.60 bits per heavy atom. The van der Waals surface area contributed by atoms with Gasteiger partial charge >= 0.3 is 0 Å². The average molecular weight is 276 g/mol. The van der Waals surface area contributed by atoms with Crippen LogP contribution in [0.5, 0.6) is 0 Å². The lowest BCUT2D eigenvalue weighted by Crippen LogP contribution is -2.34. The molecule has 0 saturated heterocycles. The van der Waals surface area contributed by atoms with Crippen molar-refractivity contribution in [2.24, 2.45) is 11.7 Å². The number of nitrogens with one attached hydrogen (secondary N) is 1. The maximum absolute atomic E-state index is 11.9. The van der Waals surface area contributed by atoms with Crippen LogP contribution < -0.4 is 11.1 Å². The van der Waals surface area contributed by atoms with E-state index in [0.717, 1.165) is 19.3 Å². The van der Waals surface area contributed by atoms with Crippen LogP contribution in [-0.2, 0) is 11.2 Å². The molecule has 0 aliphatic carbocycles. The number of hydrogen-bond donors (Lipinski definition) is 2. The molecule has 3 N–H and O–H groups in total. The average Bonchev–Trinajstić information content (AvgIpc) is 2.39. The quantitative estimate of drug-likeness (QED) is 0.767. The van der Waals surface area contributed by atoms with E-state index in [4.69, 9.17) is 5.73 Å². The number of rotatable bonds is 8. The van der Waals surface area contributed by atoms with Crippen molar-refractivity contribution in [3.05, 3.63) is 35.4 Å². The summed E-state index contributed by atoms with van der Waals surface area (Å²) in [5, 5.41) is 3.08. The van der Waals surface area contributed by atoms with Gasteiger partial charge in [0.2, 0.25) is 5.91 Å². The first-order valence-electron chi connectivity index (χ1n) is 7.56. The van der Waals surface area contributed by atoms with E-state index in [0.29, 0.717) is 18.9 Å². The SMILES string of the molecule is Cc1ccccc1CC(C)NC(=O)CCC(C)CCN. The van der Waals surface area contributed by atoms with Gasteiger partial charge in [0.1, 0.15) is 0 Å². The molecule has 0 aliphatic heterocycles. The molecule has 0 heterocycles. The van der Waals surface area contributed by atoms with Crippen LogP contribution in [0.25, 0.3) is 0 Å². The van der Waals surface area contributed by atoms with Gasteiger partial charge in [0, 0.05) is 12.5 Å². The second-order valence-electron chi connectivity index (χ2n) is 5.82. The maximum atomic E-state index is 11.9. The topological polar surface area (TPSA) is 55.1 Å². The predicted molar refractivity (Wildman–Crippen MR) is 84.6 cm³/mol. The normalized spacial score (nSPS) is 13.8. The van der Waals surface area contributed by atoms with Crippen LogP contribution >= 0.6 is 0 Å². The zero-order chi connectivity index (χ0) is 15.0. The highest BCUT2D eigenvalue weighted by Crippen LogP contribution is 2.11. The number of hydrogen-bond acceptors (Lipinski definition) is 2. The van der Waals surface area contributed by atoms with Gasteiger partial charge in [-0.25, -0.2) is 0 Å². The summed E-state index contributed by atoms with van der Waals surface area (Å²) in [6.07, 6.45) is 3.39. The largest absolute Gasteiger partial charge is 0.353 e. The first-order chi connectivity index (χ1) is 9.52. The highest BCUT2D eigenvalue weighted by atomic mass is 16.1. The van der Waals surface area contributed by atoms with Gasteiger partial charge < -0.3 is 11.1 Å². The second kappa shape index (κ2) is 8.75. The third-order valence-electron chi connectivity index (χ3n) is 3.72. The number of carbonyl (C=O) groups is 1. The van der Waals surface area contributed by atoms with E-state index in [1.165, 1.54) is 11.1 Å². The molecule has 1 aromatic carbocycles. The molecule has 0 spiro atoms. The number of nitrogens with two attached hydrogens (primary N) is 1. The third kappa shape index (κ3) is 6.20. The van der Waals surface area contributed by atoms with Gasteiger partial charge in [-0.1, -0.05) is 31.2 Å². The molecule has 0 radical (unpaired) electrons. The molecule has 2 atom stereocenters. The van der Waals surface area contributed by atoms with Crippen molar-refractivity contribution >= 4 is 5.91 Å². The van der Waals surface area contributed by atoms with Crippen LogP contribution in [0.3, 0.4) is 0 Å². The highest BCUT2D eigenvalue weighted by molar-refractivity contribution is 5.76. The van der Waals surface area contributed by atoms with Gasteiger partial charge in [-0.15, -0.1) is 0 Å². The van der Waals surface area contributed by atoms with Crippen LogP contribution in [0.4, 0.5) is 0 Å². The minimum absolute atomic E-state index is 0.148. The van der Waals surface area contributed by atoms with Crippen molar-refractivity contribution in [2.75, 3.05) is 6.54 Å². The van der Waals surface area contributed by atoms with Crippen LogP contribution in [0.1, 0.15) is 44.2 Å². The summed E-state index contributed by atoms with van der Waals surface area (Å²) >= 11 is 0. The molecule has 0 fully saturated rings. The summed E-state index contributed by atoms with van der Waals surface area (Å²) in [6, 6.07) is 8.50. The first kappa shape index (κ1) is 16.7. The second-order valence-corrected chi connectivity index (χ2v) is 5.82. The van der Waals surface area contributed by atoms with Crippen LogP contribution in [0.15, 0.2) is 24.3 Å². The van der Waals surface area contributed by atoms with Crippen molar-refractivity contribution in [1.82, 2.24) is 5.32 Å². The fourth-order valence-electron chi connectivity index (χ4n) is 2.37. The van der Waals surface area contributed by atoms with E-state index in [2.05, 4.69) is 38.2 Å². The predicted octanol–water partition coefficient (Wildman–Crippen LogP) is 2.81. The van der Waals surface area contributed by atoms with E-state index in [1.807, 2.05) is 12.1 Å². The van der Waals surface area contributed by atoms with Gasteiger partial charge in [-0.3, -0.25) is 4.79 Å². The molecule has 20 heavy (non-hydrogen) atoms. The lowest BCUT2D eigenvalue weighted by atomic mass is 10.0. The molecule has 3 nitrogen and oxygen atoms in total. The molecular weight excluding hydrogens is 248 g/mol. The fraction of sp³-hybridized carbons (Fsp3) is 0.588. The minimum atomic E-state index is 0.148. The molecule has 0 saturated carbocycles. The van der Waals surface area contributed by atoms with Crippen LogP contribution in [0, 0.1) is 12.8 Å². The van der Waals surface area contributed by atoms with E-state index < -0.39 is 0 Å². The summed E-state index contributed by atoms with van der Waals surface area (Å²) in [7, 11) is 0. The number of benzene rings is 1. The summed E-state index contributed by atoms with van der Waals surface area (Å²) in [5.41, 5.74) is 8.10. The molecular formula is C17H28N2O. The van der Waals surface area contributed by atoms with Crippen LogP contribution in [0.2, 0.25) is 0 Å². The Morgan fingerprint density at radius 2 is 1.95 bits per heavy atom. The monoisotopic (exact) mass is 276 g/mol. The van der Waals surface area contributed by atoms with Crippen LogP contribution in [-0.4, -0.2) is 18.5 Å². The number of amides is 1. The van der Waals surface area contributed by atoms with Crippen molar-refractivity contribution in [2.45, 2.75) is 52.5 Å². The van der Waals surface area contributed by atoms with Gasteiger partial charge in [0.15, 0.2) is 0 Å².